The van der Waals surface area contributed by atoms with Crippen molar-refractivity contribution in [1.82, 2.24) is 0 Å². The van der Waals surface area contributed by atoms with Gasteiger partial charge in [0.1, 0.15) is 4.70 Å². The van der Waals surface area contributed by atoms with Gasteiger partial charge in [-0.2, -0.15) is 4.57 Å². The molecule has 0 amide bonds. The molecule has 4 heteroatoms. The van der Waals surface area contributed by atoms with Crippen LogP contribution in [0.25, 0.3) is 10.2 Å². The van der Waals surface area contributed by atoms with Gasteiger partial charge in [-0.15, -0.1) is 0 Å². The molecule has 3 aromatic rings. The van der Waals surface area contributed by atoms with E-state index in [0.717, 1.165) is 12.1 Å². The van der Waals surface area contributed by atoms with Gasteiger partial charge in [0.2, 0.25) is 11.0 Å². The maximum Gasteiger partial charge on any atom is 0.225 e. The zero-order valence-electron chi connectivity index (χ0n) is 10.8. The first-order valence-corrected chi connectivity index (χ1v) is 7.16. The van der Waals surface area contributed by atoms with Crippen LogP contribution in [0.4, 0.5) is 0 Å². The highest BCUT2D eigenvalue weighted by Crippen LogP contribution is 2.15. The predicted octanol–water partition coefficient (Wildman–Crippen LogP) is 0.466. The van der Waals surface area contributed by atoms with E-state index in [-0.39, 0.29) is 22.8 Å². The Labute approximate surface area is 132 Å². The SMILES string of the molecule is O=C(CC[n+]1csc2ccccc21)c1ccccc1.[Br-]. The number of ketones is 1. The van der Waals surface area contributed by atoms with E-state index in [4.69, 9.17) is 0 Å². The van der Waals surface area contributed by atoms with Gasteiger partial charge < -0.3 is 17.0 Å². The summed E-state index contributed by atoms with van der Waals surface area (Å²) in [5, 5.41) is 0. The first-order chi connectivity index (χ1) is 9.34. The Morgan fingerprint density at radius 2 is 1.70 bits per heavy atom. The smallest absolute Gasteiger partial charge is 0.225 e. The highest BCUT2D eigenvalue weighted by molar-refractivity contribution is 7.16. The highest BCUT2D eigenvalue weighted by Gasteiger charge is 2.13. The number of nitrogens with zero attached hydrogens (tertiary/aromatic N) is 1. The molecular formula is C16H14BrNOS. The van der Waals surface area contributed by atoms with Crippen molar-refractivity contribution in [3.63, 3.8) is 0 Å². The molecule has 1 aromatic heterocycles. The number of Topliss-reactive ketones (excluding diaryl/α,β-unsaturated/α-hetero) is 1. The molecule has 0 unspecified atom stereocenters. The van der Waals surface area contributed by atoms with Crippen molar-refractivity contribution >= 4 is 27.3 Å². The molecule has 2 nitrogen and oxygen atoms in total. The van der Waals surface area contributed by atoms with Gasteiger partial charge in [-0.05, 0) is 6.07 Å². The second-order valence-corrected chi connectivity index (χ2v) is 5.31. The summed E-state index contributed by atoms with van der Waals surface area (Å²) < 4.78 is 3.41. The maximum atomic E-state index is 12.1. The van der Waals surface area contributed by atoms with Crippen molar-refractivity contribution in [2.45, 2.75) is 13.0 Å². The standard InChI is InChI=1S/C16H14NOS.BrH/c18-15(13-6-2-1-3-7-13)10-11-17-12-19-16-9-5-4-8-14(16)17;/h1-9,12H,10-11H2;1H/q+1;/p-1. The molecule has 0 fully saturated rings. The third-order valence-electron chi connectivity index (χ3n) is 3.16. The minimum absolute atomic E-state index is 0. The van der Waals surface area contributed by atoms with Gasteiger partial charge in [0.25, 0.3) is 0 Å². The monoisotopic (exact) mass is 347 g/mol. The summed E-state index contributed by atoms with van der Waals surface area (Å²) in [7, 11) is 0. The average Bonchev–Trinajstić information content (AvgIpc) is 2.89. The lowest BCUT2D eigenvalue weighted by atomic mass is 10.1. The lowest BCUT2D eigenvalue weighted by Crippen LogP contribution is -3.00. The molecule has 20 heavy (non-hydrogen) atoms. The summed E-state index contributed by atoms with van der Waals surface area (Å²) in [6.45, 7) is 0.734. The van der Waals surface area contributed by atoms with Crippen molar-refractivity contribution in [2.24, 2.45) is 0 Å². The van der Waals surface area contributed by atoms with E-state index in [2.05, 4.69) is 22.2 Å². The van der Waals surface area contributed by atoms with E-state index >= 15 is 0 Å². The quantitative estimate of drug-likeness (QED) is 0.496. The van der Waals surface area contributed by atoms with E-state index in [1.165, 1.54) is 10.2 Å². The molecular weight excluding hydrogens is 334 g/mol. The van der Waals surface area contributed by atoms with Crippen LogP contribution >= 0.6 is 11.3 Å². The number of fused-ring (bicyclic) bond motifs is 1. The van der Waals surface area contributed by atoms with Gasteiger partial charge in [-0.1, -0.05) is 53.8 Å². The fourth-order valence-electron chi connectivity index (χ4n) is 2.13. The Morgan fingerprint density at radius 3 is 2.50 bits per heavy atom. The van der Waals surface area contributed by atoms with Crippen LogP contribution in [-0.4, -0.2) is 5.78 Å². The number of carbonyl (C=O) groups is 1. The van der Waals surface area contributed by atoms with Crippen molar-refractivity contribution in [3.05, 3.63) is 65.7 Å². The molecule has 3 rings (SSSR count). The summed E-state index contributed by atoms with van der Waals surface area (Å²) in [6.07, 6.45) is 0.537. The molecule has 0 aliphatic carbocycles. The van der Waals surface area contributed by atoms with Crippen molar-refractivity contribution in [2.75, 3.05) is 0 Å². The Bertz CT molecular complexity index is 709. The lowest BCUT2D eigenvalue weighted by molar-refractivity contribution is -0.665. The Balaban J connectivity index is 0.00000147. The summed E-state index contributed by atoms with van der Waals surface area (Å²) in [5.41, 5.74) is 4.08. The summed E-state index contributed by atoms with van der Waals surface area (Å²) in [4.78, 5) is 12.1. The third kappa shape index (κ3) is 3.14. The zero-order valence-corrected chi connectivity index (χ0v) is 13.2. The van der Waals surface area contributed by atoms with Crippen LogP contribution in [0.15, 0.2) is 60.1 Å². The molecule has 0 saturated carbocycles. The molecule has 0 N–H and O–H groups in total. The number of aromatic nitrogens is 1. The van der Waals surface area contributed by atoms with E-state index in [1.807, 2.05) is 42.5 Å². The minimum Gasteiger partial charge on any atom is -1.00 e. The number of carbonyl (C=O) groups excluding carboxylic acids is 1. The molecule has 102 valence electrons. The van der Waals surface area contributed by atoms with Crippen LogP contribution in [0.3, 0.4) is 0 Å². The number of thiazole rings is 1. The third-order valence-corrected chi connectivity index (χ3v) is 4.12. The van der Waals surface area contributed by atoms with E-state index in [1.54, 1.807) is 11.3 Å². The Morgan fingerprint density at radius 1 is 1.00 bits per heavy atom. The number of benzene rings is 2. The topological polar surface area (TPSA) is 20.9 Å². The first kappa shape index (κ1) is 14.9. The van der Waals surface area contributed by atoms with Crippen LogP contribution in [0, 0.1) is 0 Å². The van der Waals surface area contributed by atoms with Crippen molar-refractivity contribution < 1.29 is 26.3 Å². The highest BCUT2D eigenvalue weighted by atomic mass is 79.9. The van der Waals surface area contributed by atoms with Crippen LogP contribution in [0.2, 0.25) is 0 Å². The van der Waals surface area contributed by atoms with Crippen LogP contribution in [-0.2, 0) is 6.54 Å². The maximum absolute atomic E-state index is 12.1. The van der Waals surface area contributed by atoms with Crippen molar-refractivity contribution in [3.8, 4) is 0 Å². The number of rotatable bonds is 4. The summed E-state index contributed by atoms with van der Waals surface area (Å²) in [6, 6.07) is 17.8. The van der Waals surface area contributed by atoms with Gasteiger partial charge in [0.05, 0.1) is 6.42 Å². The molecule has 0 bridgehead atoms. The number of para-hydroxylation sites is 1. The predicted molar refractivity (Wildman–Crippen MR) is 77.4 cm³/mol. The lowest BCUT2D eigenvalue weighted by Gasteiger charge is -1.98. The number of hydrogen-bond acceptors (Lipinski definition) is 2. The molecule has 0 saturated heterocycles. The Kier molecular flexibility index (Phi) is 5.04. The normalized spacial score (nSPS) is 10.2. The zero-order chi connectivity index (χ0) is 13.1. The summed E-state index contributed by atoms with van der Waals surface area (Å²) >= 11 is 1.71. The second kappa shape index (κ2) is 6.77. The fourth-order valence-corrected chi connectivity index (χ4v) is 3.06. The van der Waals surface area contributed by atoms with Gasteiger partial charge >= 0.3 is 0 Å². The van der Waals surface area contributed by atoms with Crippen molar-refractivity contribution in [1.29, 1.82) is 0 Å². The Hall–Kier alpha value is -1.52. The molecule has 0 spiro atoms. The average molecular weight is 348 g/mol. The second-order valence-electron chi connectivity index (χ2n) is 4.42. The van der Waals surface area contributed by atoms with Crippen LogP contribution in [0.5, 0.6) is 0 Å². The van der Waals surface area contributed by atoms with E-state index in [0.29, 0.717) is 6.42 Å². The van der Waals surface area contributed by atoms with Gasteiger partial charge in [0, 0.05) is 11.6 Å². The molecule has 0 atom stereocenters. The summed E-state index contributed by atoms with van der Waals surface area (Å²) in [5.74, 6) is 0.198. The van der Waals surface area contributed by atoms with Gasteiger partial charge in [-0.25, -0.2) is 0 Å². The van der Waals surface area contributed by atoms with Crippen LogP contribution in [0.1, 0.15) is 16.8 Å². The minimum atomic E-state index is 0. The molecule has 0 aliphatic rings. The van der Waals surface area contributed by atoms with Gasteiger partial charge in [0.15, 0.2) is 12.3 Å². The van der Waals surface area contributed by atoms with E-state index in [9.17, 15) is 4.79 Å². The van der Waals surface area contributed by atoms with Crippen LogP contribution < -0.4 is 21.5 Å². The largest absolute Gasteiger partial charge is 1.00 e. The molecule has 1 heterocycles. The number of hydrogen-bond donors (Lipinski definition) is 0. The van der Waals surface area contributed by atoms with E-state index < -0.39 is 0 Å². The fraction of sp³-hybridized carbons (Fsp3) is 0.125. The first-order valence-electron chi connectivity index (χ1n) is 6.28. The molecule has 0 aliphatic heterocycles. The van der Waals surface area contributed by atoms with Gasteiger partial charge in [-0.3, -0.25) is 4.79 Å². The molecule has 2 aromatic carbocycles. The number of aryl methyl sites for hydroxylation is 1. The molecule has 0 radical (unpaired) electrons. The number of halogens is 1.